The van der Waals surface area contributed by atoms with Crippen molar-refractivity contribution in [2.45, 2.75) is 51.9 Å². The van der Waals surface area contributed by atoms with Crippen LogP contribution in [0.2, 0.25) is 0 Å². The highest BCUT2D eigenvalue weighted by Gasteiger charge is 2.41. The molecule has 4 heterocycles. The number of rotatable bonds is 6. The summed E-state index contributed by atoms with van der Waals surface area (Å²) in [5, 5.41) is 10.9. The molecule has 1 N–H and O–H groups in total. The molecule has 0 aliphatic carbocycles. The Kier molecular flexibility index (Phi) is 5.43. The molecule has 8 heteroatoms. The Hall–Kier alpha value is -1.96. The first-order chi connectivity index (χ1) is 13.2. The van der Waals surface area contributed by atoms with Gasteiger partial charge in [-0.1, -0.05) is 18.3 Å². The van der Waals surface area contributed by atoms with Crippen molar-refractivity contribution in [1.82, 2.24) is 25.1 Å². The van der Waals surface area contributed by atoms with Gasteiger partial charge in [0.1, 0.15) is 5.01 Å². The molecule has 0 unspecified atom stereocenters. The number of nitrogens with zero attached hydrogens (tertiary/aromatic N) is 5. The number of nitrogens with one attached hydrogen (secondary N) is 1. The van der Waals surface area contributed by atoms with E-state index in [2.05, 4.69) is 36.9 Å². The molecule has 2 fully saturated rings. The summed E-state index contributed by atoms with van der Waals surface area (Å²) in [5.41, 5.74) is 1.37. The average Bonchev–Trinajstić information content (AvgIpc) is 3.36. The zero-order chi connectivity index (χ0) is 18.7. The highest BCUT2D eigenvalue weighted by atomic mass is 32.1. The average molecular weight is 389 g/mol. The Morgan fingerprint density at radius 3 is 2.81 bits per heavy atom. The van der Waals surface area contributed by atoms with Gasteiger partial charge >= 0.3 is 0 Å². The van der Waals surface area contributed by atoms with Crippen LogP contribution in [0, 0.1) is 5.41 Å². The van der Waals surface area contributed by atoms with Gasteiger partial charge in [-0.15, -0.1) is 10.2 Å². The van der Waals surface area contributed by atoms with Crippen LogP contribution < -0.4 is 4.90 Å². The van der Waals surface area contributed by atoms with Crippen LogP contribution in [0.1, 0.15) is 49.7 Å². The Bertz CT molecular complexity index is 750. The number of anilines is 1. The molecule has 0 atom stereocenters. The van der Waals surface area contributed by atoms with Crippen LogP contribution in [0.4, 0.5) is 5.13 Å². The molecule has 146 valence electrons. The highest BCUT2D eigenvalue weighted by molar-refractivity contribution is 7.15. The first-order valence-corrected chi connectivity index (χ1v) is 10.8. The predicted octanol–water partition coefficient (Wildman–Crippen LogP) is 2.67. The molecule has 2 aliphatic heterocycles. The summed E-state index contributed by atoms with van der Waals surface area (Å²) in [7, 11) is 0. The lowest BCUT2D eigenvalue weighted by Gasteiger charge is -2.47. The molecule has 0 saturated carbocycles. The van der Waals surface area contributed by atoms with Crippen molar-refractivity contribution >= 4 is 22.4 Å². The van der Waals surface area contributed by atoms with E-state index in [1.165, 1.54) is 0 Å². The molecule has 2 aromatic rings. The summed E-state index contributed by atoms with van der Waals surface area (Å²) in [6.45, 7) is 5.88. The number of aromatic nitrogens is 4. The van der Waals surface area contributed by atoms with Crippen molar-refractivity contribution < 1.29 is 4.79 Å². The fourth-order valence-corrected chi connectivity index (χ4v) is 5.24. The van der Waals surface area contributed by atoms with Gasteiger partial charge in [0.15, 0.2) is 0 Å². The van der Waals surface area contributed by atoms with Gasteiger partial charge in [-0.05, 0) is 31.1 Å². The van der Waals surface area contributed by atoms with Crippen LogP contribution in [0.25, 0.3) is 0 Å². The zero-order valence-corrected chi connectivity index (χ0v) is 16.8. The van der Waals surface area contributed by atoms with Crippen LogP contribution in [0.3, 0.4) is 0 Å². The van der Waals surface area contributed by atoms with Gasteiger partial charge in [0, 0.05) is 57.3 Å². The monoisotopic (exact) mass is 388 g/mol. The van der Waals surface area contributed by atoms with Crippen LogP contribution in [-0.2, 0) is 17.6 Å². The topological polar surface area (TPSA) is 78.0 Å². The van der Waals surface area contributed by atoms with Gasteiger partial charge in [-0.2, -0.15) is 0 Å². The SMILES string of the molecule is CCCc1nnc(N2CCC3(CCC(=O)N(CCc4cnc[nH]4)C3)CC2)s1. The van der Waals surface area contributed by atoms with Crippen LogP contribution >= 0.6 is 11.3 Å². The van der Waals surface area contributed by atoms with Crippen molar-refractivity contribution in [1.29, 1.82) is 0 Å². The van der Waals surface area contributed by atoms with E-state index >= 15 is 0 Å². The molecule has 4 rings (SSSR count). The Labute approximate surface area is 164 Å². The van der Waals surface area contributed by atoms with E-state index in [0.717, 1.165) is 80.5 Å². The lowest BCUT2D eigenvalue weighted by Crippen LogP contribution is -2.52. The largest absolute Gasteiger partial charge is 0.348 e. The van der Waals surface area contributed by atoms with Crippen molar-refractivity contribution in [2.75, 3.05) is 31.1 Å². The van der Waals surface area contributed by atoms with Crippen LogP contribution in [0.5, 0.6) is 0 Å². The second-order valence-corrected chi connectivity index (χ2v) is 8.90. The third-order valence-electron chi connectivity index (χ3n) is 5.97. The third kappa shape index (κ3) is 4.15. The number of aromatic amines is 1. The van der Waals surface area contributed by atoms with Gasteiger partial charge in [0.2, 0.25) is 11.0 Å². The molecule has 2 saturated heterocycles. The molecule has 7 nitrogen and oxygen atoms in total. The van der Waals surface area contributed by atoms with E-state index in [4.69, 9.17) is 0 Å². The quantitative estimate of drug-likeness (QED) is 0.823. The number of carbonyl (C=O) groups excluding carboxylic acids is 1. The summed E-state index contributed by atoms with van der Waals surface area (Å²) in [6.07, 6.45) is 10.5. The number of imidazole rings is 1. The van der Waals surface area contributed by atoms with E-state index in [0.29, 0.717) is 12.3 Å². The number of H-pyrrole nitrogens is 1. The van der Waals surface area contributed by atoms with Crippen LogP contribution in [0.15, 0.2) is 12.5 Å². The first kappa shape index (κ1) is 18.4. The molecule has 0 aromatic carbocycles. The second kappa shape index (κ2) is 7.96. The zero-order valence-electron chi connectivity index (χ0n) is 16.0. The standard InChI is InChI=1S/C19H28N6OS/c1-2-3-16-22-23-18(27-16)24-10-7-19(8-11-24)6-4-17(26)25(13-19)9-5-15-12-20-14-21-15/h12,14H,2-11,13H2,1H3,(H,20,21). The van der Waals surface area contributed by atoms with E-state index in [1.807, 2.05) is 6.20 Å². The summed E-state index contributed by atoms with van der Waals surface area (Å²) in [4.78, 5) is 24.1. The predicted molar refractivity (Wildman–Crippen MR) is 106 cm³/mol. The first-order valence-electron chi connectivity index (χ1n) is 10.00. The summed E-state index contributed by atoms with van der Waals surface area (Å²) in [6, 6.07) is 0. The fraction of sp³-hybridized carbons (Fsp3) is 0.684. The van der Waals surface area contributed by atoms with Gasteiger partial charge in [-0.3, -0.25) is 4.79 Å². The van der Waals surface area contributed by atoms with E-state index < -0.39 is 0 Å². The van der Waals surface area contributed by atoms with E-state index in [9.17, 15) is 4.79 Å². The normalized spacial score (nSPS) is 19.8. The van der Waals surface area contributed by atoms with Crippen molar-refractivity contribution in [2.24, 2.45) is 5.41 Å². The maximum atomic E-state index is 12.4. The lowest BCUT2D eigenvalue weighted by molar-refractivity contribution is -0.138. The van der Waals surface area contributed by atoms with Gasteiger partial charge in [0.25, 0.3) is 0 Å². The summed E-state index contributed by atoms with van der Waals surface area (Å²) >= 11 is 1.74. The van der Waals surface area contributed by atoms with Crippen molar-refractivity contribution in [3.05, 3.63) is 23.2 Å². The molecule has 1 spiro atoms. The van der Waals surface area contributed by atoms with Gasteiger partial charge in [0.05, 0.1) is 6.33 Å². The number of piperidine rings is 2. The number of amides is 1. The maximum absolute atomic E-state index is 12.4. The Balaban J connectivity index is 1.34. The van der Waals surface area contributed by atoms with Crippen molar-refractivity contribution in [3.8, 4) is 0 Å². The minimum Gasteiger partial charge on any atom is -0.348 e. The lowest BCUT2D eigenvalue weighted by atomic mass is 9.72. The van der Waals surface area contributed by atoms with E-state index in [1.54, 1.807) is 17.7 Å². The number of aryl methyl sites for hydroxylation is 1. The number of hydrogen-bond donors (Lipinski definition) is 1. The maximum Gasteiger partial charge on any atom is 0.222 e. The van der Waals surface area contributed by atoms with Gasteiger partial charge < -0.3 is 14.8 Å². The summed E-state index contributed by atoms with van der Waals surface area (Å²) < 4.78 is 0. The highest BCUT2D eigenvalue weighted by Crippen LogP contribution is 2.41. The number of hydrogen-bond acceptors (Lipinski definition) is 6. The third-order valence-corrected chi connectivity index (χ3v) is 7.01. The Morgan fingerprint density at radius 1 is 1.22 bits per heavy atom. The van der Waals surface area contributed by atoms with Crippen molar-refractivity contribution in [3.63, 3.8) is 0 Å². The summed E-state index contributed by atoms with van der Waals surface area (Å²) in [5.74, 6) is 0.302. The molecule has 27 heavy (non-hydrogen) atoms. The van der Waals surface area contributed by atoms with Crippen LogP contribution in [-0.4, -0.2) is 57.2 Å². The Morgan fingerprint density at radius 2 is 2.07 bits per heavy atom. The smallest absolute Gasteiger partial charge is 0.222 e. The second-order valence-electron chi connectivity index (χ2n) is 7.86. The number of carbonyl (C=O) groups is 1. The molecule has 0 radical (unpaired) electrons. The molecular formula is C19H28N6OS. The molecule has 1 amide bonds. The number of likely N-dealkylation sites (tertiary alicyclic amines) is 1. The minimum atomic E-state index is 0.273. The molecule has 0 bridgehead atoms. The molecular weight excluding hydrogens is 360 g/mol. The minimum absolute atomic E-state index is 0.273. The molecule has 2 aromatic heterocycles. The molecule has 2 aliphatic rings. The van der Waals surface area contributed by atoms with Gasteiger partial charge in [-0.25, -0.2) is 4.98 Å². The van der Waals surface area contributed by atoms with E-state index in [-0.39, 0.29) is 5.41 Å². The fourth-order valence-electron chi connectivity index (χ4n) is 4.25.